The zero-order valence-electron chi connectivity index (χ0n) is 8.28. The Morgan fingerprint density at radius 1 is 1.57 bits per heavy atom. The van der Waals surface area contributed by atoms with Crippen LogP contribution in [-0.2, 0) is 4.74 Å². The minimum absolute atomic E-state index is 0.667. The van der Waals surface area contributed by atoms with E-state index in [1.54, 1.807) is 18.9 Å². The van der Waals surface area contributed by atoms with E-state index in [9.17, 15) is 0 Å². The predicted molar refractivity (Wildman–Crippen MR) is 57.2 cm³/mol. The van der Waals surface area contributed by atoms with Crippen molar-refractivity contribution < 1.29 is 4.74 Å². The molecule has 0 aliphatic rings. The molecule has 0 saturated heterocycles. The Balaban J connectivity index is 2.66. The van der Waals surface area contributed by atoms with Crippen LogP contribution in [0.5, 0.6) is 0 Å². The number of hydrogen-bond acceptors (Lipinski definition) is 6. The van der Waals surface area contributed by atoms with Crippen LogP contribution in [0.25, 0.3) is 0 Å². The van der Waals surface area contributed by atoms with Gasteiger partial charge in [-0.2, -0.15) is 0 Å². The topological polar surface area (TPSA) is 73.1 Å². The van der Waals surface area contributed by atoms with Gasteiger partial charge in [-0.1, -0.05) is 0 Å². The normalized spacial score (nSPS) is 10.2. The van der Waals surface area contributed by atoms with Crippen LogP contribution in [0.3, 0.4) is 0 Å². The van der Waals surface area contributed by atoms with E-state index in [1.165, 1.54) is 6.33 Å². The molecule has 1 rings (SSSR count). The van der Waals surface area contributed by atoms with E-state index in [0.29, 0.717) is 12.4 Å². The number of nitrogens with zero attached hydrogens (tertiary/aromatic N) is 2. The highest BCUT2D eigenvalue weighted by atomic mass is 32.2. The number of methoxy groups -OCH3 is 1. The molecule has 0 saturated carbocycles. The van der Waals surface area contributed by atoms with Crippen LogP contribution >= 0.6 is 11.8 Å². The maximum Gasteiger partial charge on any atom is 0.147 e. The molecule has 78 valence electrons. The van der Waals surface area contributed by atoms with Crippen LogP contribution in [0.2, 0.25) is 0 Å². The fourth-order valence-corrected chi connectivity index (χ4v) is 1.82. The van der Waals surface area contributed by atoms with Gasteiger partial charge >= 0.3 is 0 Å². The van der Waals surface area contributed by atoms with Gasteiger partial charge in [-0.05, 0) is 6.92 Å². The molecule has 0 aliphatic heterocycles. The van der Waals surface area contributed by atoms with Gasteiger partial charge in [-0.3, -0.25) is 0 Å². The number of rotatable bonds is 5. The van der Waals surface area contributed by atoms with Crippen molar-refractivity contribution in [2.24, 2.45) is 5.84 Å². The lowest BCUT2D eigenvalue weighted by Crippen LogP contribution is -2.11. The molecule has 3 N–H and O–H groups in total. The van der Waals surface area contributed by atoms with Gasteiger partial charge in [0.1, 0.15) is 17.2 Å². The second-order valence-electron chi connectivity index (χ2n) is 2.64. The van der Waals surface area contributed by atoms with Crippen molar-refractivity contribution in [1.82, 2.24) is 9.97 Å². The van der Waals surface area contributed by atoms with Gasteiger partial charge in [0.15, 0.2) is 0 Å². The average molecular weight is 214 g/mol. The van der Waals surface area contributed by atoms with Crippen LogP contribution in [0.15, 0.2) is 11.4 Å². The van der Waals surface area contributed by atoms with E-state index < -0.39 is 0 Å². The van der Waals surface area contributed by atoms with Gasteiger partial charge in [0.05, 0.1) is 6.61 Å². The van der Waals surface area contributed by atoms with Crippen LogP contribution < -0.4 is 11.3 Å². The van der Waals surface area contributed by atoms with Crippen molar-refractivity contribution in [2.45, 2.75) is 11.9 Å². The SMILES string of the molecule is COCCSc1ncnc(NN)c1C. The lowest BCUT2D eigenvalue weighted by Gasteiger charge is -2.07. The van der Waals surface area contributed by atoms with E-state index in [0.717, 1.165) is 16.3 Å². The van der Waals surface area contributed by atoms with Crippen LogP contribution in [0.4, 0.5) is 5.82 Å². The number of nitrogen functional groups attached to an aromatic ring is 1. The number of hydrazine groups is 1. The molecule has 0 spiro atoms. The molecule has 0 aromatic carbocycles. The minimum Gasteiger partial charge on any atom is -0.384 e. The number of thioether (sulfide) groups is 1. The van der Waals surface area contributed by atoms with E-state index in [4.69, 9.17) is 10.6 Å². The molecule has 0 bridgehead atoms. The zero-order valence-corrected chi connectivity index (χ0v) is 9.10. The number of ether oxygens (including phenoxy) is 1. The summed E-state index contributed by atoms with van der Waals surface area (Å²) >= 11 is 1.63. The van der Waals surface area contributed by atoms with Gasteiger partial charge in [0, 0.05) is 18.4 Å². The summed E-state index contributed by atoms with van der Waals surface area (Å²) in [6.45, 7) is 2.64. The van der Waals surface area contributed by atoms with Crippen molar-refractivity contribution in [1.29, 1.82) is 0 Å². The smallest absolute Gasteiger partial charge is 0.147 e. The van der Waals surface area contributed by atoms with E-state index in [-0.39, 0.29) is 0 Å². The molecule has 6 heteroatoms. The largest absolute Gasteiger partial charge is 0.384 e. The summed E-state index contributed by atoms with van der Waals surface area (Å²) in [6, 6.07) is 0. The fourth-order valence-electron chi connectivity index (χ4n) is 0.947. The lowest BCUT2D eigenvalue weighted by atomic mass is 10.3. The summed E-state index contributed by atoms with van der Waals surface area (Å²) in [5.41, 5.74) is 3.50. The van der Waals surface area contributed by atoms with Gasteiger partial charge in [-0.15, -0.1) is 11.8 Å². The van der Waals surface area contributed by atoms with Crippen molar-refractivity contribution in [2.75, 3.05) is 24.9 Å². The van der Waals surface area contributed by atoms with Crippen molar-refractivity contribution in [3.63, 3.8) is 0 Å². The Hall–Kier alpha value is -0.850. The third-order valence-corrected chi connectivity index (χ3v) is 2.76. The fraction of sp³-hybridized carbons (Fsp3) is 0.500. The summed E-state index contributed by atoms with van der Waals surface area (Å²) in [7, 11) is 1.68. The Bertz CT molecular complexity index is 295. The highest BCUT2D eigenvalue weighted by molar-refractivity contribution is 7.99. The maximum absolute atomic E-state index is 5.30. The molecule has 0 amide bonds. The third kappa shape index (κ3) is 2.83. The molecule has 0 unspecified atom stereocenters. The molecular weight excluding hydrogens is 200 g/mol. The maximum atomic E-state index is 5.30. The molecule has 0 aliphatic carbocycles. The van der Waals surface area contributed by atoms with Crippen LogP contribution in [0, 0.1) is 6.92 Å². The molecule has 1 heterocycles. The van der Waals surface area contributed by atoms with Gasteiger partial charge in [0.2, 0.25) is 0 Å². The summed E-state index contributed by atoms with van der Waals surface area (Å²) in [6.07, 6.45) is 1.50. The van der Waals surface area contributed by atoms with E-state index in [1.807, 2.05) is 6.92 Å². The quantitative estimate of drug-likeness (QED) is 0.248. The number of nitrogens with two attached hydrogens (primary N) is 1. The van der Waals surface area contributed by atoms with Crippen molar-refractivity contribution in [3.8, 4) is 0 Å². The van der Waals surface area contributed by atoms with Crippen LogP contribution in [-0.4, -0.2) is 29.4 Å². The highest BCUT2D eigenvalue weighted by Crippen LogP contribution is 2.22. The number of hydrogen-bond donors (Lipinski definition) is 2. The molecule has 1 aromatic heterocycles. The Labute approximate surface area is 87.4 Å². The summed E-state index contributed by atoms with van der Waals surface area (Å²) in [4.78, 5) is 8.15. The van der Waals surface area contributed by atoms with E-state index >= 15 is 0 Å². The molecule has 0 atom stereocenters. The van der Waals surface area contributed by atoms with Gasteiger partial charge in [-0.25, -0.2) is 15.8 Å². The number of nitrogens with one attached hydrogen (secondary N) is 1. The number of anilines is 1. The highest BCUT2D eigenvalue weighted by Gasteiger charge is 2.05. The standard InChI is InChI=1S/C8H14N4OS/c1-6-7(12-9)10-5-11-8(6)14-4-3-13-2/h5H,3-4,9H2,1-2H3,(H,10,11,12). The summed E-state index contributed by atoms with van der Waals surface area (Å²) < 4.78 is 4.96. The van der Waals surface area contributed by atoms with E-state index in [2.05, 4.69) is 15.4 Å². The molecule has 0 radical (unpaired) electrons. The number of aromatic nitrogens is 2. The Kier molecular flexibility index (Phi) is 4.64. The van der Waals surface area contributed by atoms with Gasteiger partial charge in [0.25, 0.3) is 0 Å². The molecule has 1 aromatic rings. The first kappa shape index (κ1) is 11.2. The molecule has 0 fully saturated rings. The minimum atomic E-state index is 0.667. The third-order valence-electron chi connectivity index (χ3n) is 1.70. The molecule has 14 heavy (non-hydrogen) atoms. The average Bonchev–Trinajstić information content (AvgIpc) is 2.21. The van der Waals surface area contributed by atoms with Crippen molar-refractivity contribution in [3.05, 3.63) is 11.9 Å². The van der Waals surface area contributed by atoms with Crippen molar-refractivity contribution >= 4 is 17.6 Å². The lowest BCUT2D eigenvalue weighted by molar-refractivity contribution is 0.218. The van der Waals surface area contributed by atoms with Crippen LogP contribution in [0.1, 0.15) is 5.56 Å². The zero-order chi connectivity index (χ0) is 10.4. The molecular formula is C8H14N4OS. The van der Waals surface area contributed by atoms with Gasteiger partial charge < -0.3 is 10.2 Å². The summed E-state index contributed by atoms with van der Waals surface area (Å²) in [5, 5.41) is 0.935. The molecule has 5 nitrogen and oxygen atoms in total. The summed E-state index contributed by atoms with van der Waals surface area (Å²) in [5.74, 6) is 6.84. The second-order valence-corrected chi connectivity index (χ2v) is 3.72. The first-order valence-electron chi connectivity index (χ1n) is 4.19. The Morgan fingerprint density at radius 2 is 2.36 bits per heavy atom. The predicted octanol–water partition coefficient (Wildman–Crippen LogP) is 0.809. The first-order chi connectivity index (χ1) is 6.79. The monoisotopic (exact) mass is 214 g/mol. The second kappa shape index (κ2) is 5.79. The first-order valence-corrected chi connectivity index (χ1v) is 5.18. The Morgan fingerprint density at radius 3 is 3.00 bits per heavy atom.